The summed E-state index contributed by atoms with van der Waals surface area (Å²) in [6.07, 6.45) is 5.65. The van der Waals surface area contributed by atoms with Crippen LogP contribution in [0, 0.1) is 6.92 Å². The molecule has 0 aliphatic carbocycles. The van der Waals surface area contributed by atoms with Crippen LogP contribution in [0.2, 0.25) is 0 Å². The van der Waals surface area contributed by atoms with Crippen LogP contribution >= 0.6 is 11.3 Å². The number of fused-ring (bicyclic) bond motifs is 1. The van der Waals surface area contributed by atoms with Crippen molar-refractivity contribution in [2.45, 2.75) is 25.8 Å². The first-order chi connectivity index (χ1) is 15.8. The van der Waals surface area contributed by atoms with Gasteiger partial charge in [-0.3, -0.25) is 0 Å². The summed E-state index contributed by atoms with van der Waals surface area (Å²) in [6, 6.07) is 6.04. The summed E-state index contributed by atoms with van der Waals surface area (Å²) in [7, 11) is -3.16. The highest BCUT2D eigenvalue weighted by Gasteiger charge is 2.25. The van der Waals surface area contributed by atoms with Crippen LogP contribution in [-0.2, 0) is 10.0 Å². The van der Waals surface area contributed by atoms with E-state index >= 15 is 0 Å². The molecule has 0 saturated carbocycles. The molecule has 0 spiro atoms. The molecule has 2 aromatic heterocycles. The maximum absolute atomic E-state index is 11.7. The highest BCUT2D eigenvalue weighted by atomic mass is 32.2. The van der Waals surface area contributed by atoms with E-state index in [1.807, 2.05) is 18.2 Å². The third kappa shape index (κ3) is 5.00. The minimum atomic E-state index is -3.16. The Labute approximate surface area is 197 Å². The van der Waals surface area contributed by atoms with Gasteiger partial charge in [0.25, 0.3) is 0 Å². The third-order valence-corrected chi connectivity index (χ3v) is 7.79. The molecular weight excluding hydrogens is 458 g/mol. The number of allylic oxidation sites excluding steroid dienone is 1. The Hall–Kier alpha value is -3.02. The van der Waals surface area contributed by atoms with E-state index in [1.165, 1.54) is 22.3 Å². The fourth-order valence-corrected chi connectivity index (χ4v) is 5.67. The van der Waals surface area contributed by atoms with Gasteiger partial charge in [-0.15, -0.1) is 5.10 Å². The second-order valence-electron chi connectivity index (χ2n) is 8.00. The molecule has 33 heavy (non-hydrogen) atoms. The highest BCUT2D eigenvalue weighted by Crippen LogP contribution is 2.31. The monoisotopic (exact) mass is 485 g/mol. The molecule has 1 aliphatic rings. The SMILES string of the molecule is C=C(N=C(/C=C\N)n1nnc2c(-c3cscc3C)cccc21)NC1CCN(S(C)(=O)=O)CC1. The van der Waals surface area contributed by atoms with Crippen molar-refractivity contribution in [3.05, 3.63) is 59.2 Å². The van der Waals surface area contributed by atoms with Crippen molar-refractivity contribution in [2.75, 3.05) is 19.3 Å². The van der Waals surface area contributed by atoms with Gasteiger partial charge in [0, 0.05) is 24.7 Å². The average Bonchev–Trinajstić information content (AvgIpc) is 3.39. The lowest BCUT2D eigenvalue weighted by Gasteiger charge is -2.31. The Morgan fingerprint density at radius 2 is 2.06 bits per heavy atom. The van der Waals surface area contributed by atoms with Gasteiger partial charge in [0.05, 0.1) is 11.8 Å². The summed E-state index contributed by atoms with van der Waals surface area (Å²) in [6.45, 7) is 7.06. The van der Waals surface area contributed by atoms with Crippen molar-refractivity contribution in [1.82, 2.24) is 24.6 Å². The van der Waals surface area contributed by atoms with E-state index in [0.29, 0.717) is 37.6 Å². The fraction of sp³-hybridized carbons (Fsp3) is 0.318. The van der Waals surface area contributed by atoms with E-state index in [4.69, 9.17) is 5.73 Å². The largest absolute Gasteiger partial charge is 0.404 e. The molecule has 11 heteroatoms. The first-order valence-corrected chi connectivity index (χ1v) is 13.3. The van der Waals surface area contributed by atoms with E-state index < -0.39 is 10.0 Å². The fourth-order valence-electron chi connectivity index (χ4n) is 3.95. The van der Waals surface area contributed by atoms with Crippen molar-refractivity contribution in [2.24, 2.45) is 10.7 Å². The zero-order chi connectivity index (χ0) is 23.6. The number of aryl methyl sites for hydroxylation is 1. The van der Waals surface area contributed by atoms with Crippen LogP contribution in [0.1, 0.15) is 18.4 Å². The lowest BCUT2D eigenvalue weighted by Crippen LogP contribution is -2.44. The van der Waals surface area contributed by atoms with Gasteiger partial charge in [0.15, 0.2) is 5.84 Å². The molecule has 1 saturated heterocycles. The van der Waals surface area contributed by atoms with Crippen LogP contribution in [0.25, 0.3) is 22.2 Å². The van der Waals surface area contributed by atoms with E-state index in [2.05, 4.69) is 44.9 Å². The Morgan fingerprint density at radius 3 is 2.70 bits per heavy atom. The molecule has 0 unspecified atom stereocenters. The van der Waals surface area contributed by atoms with E-state index in [-0.39, 0.29) is 6.04 Å². The molecule has 9 nitrogen and oxygen atoms in total. The maximum atomic E-state index is 11.7. The molecule has 1 aromatic carbocycles. The molecular formula is C22H27N7O2S2. The third-order valence-electron chi connectivity index (χ3n) is 5.63. The maximum Gasteiger partial charge on any atom is 0.211 e. The standard InChI is InChI=1S/C22H27N7O2S2/c1-15-13-32-14-19(15)18-5-4-6-20-22(18)26-27-29(20)21(7-10-23)25-16(2)24-17-8-11-28(12-9-17)33(3,30)31/h4-7,10,13-14,17,24H,2,8-9,11-12,23H2,1,3H3/b10-7-,25-21?. The molecule has 0 radical (unpaired) electrons. The lowest BCUT2D eigenvalue weighted by molar-refractivity contribution is 0.301. The Balaban J connectivity index is 1.58. The molecule has 1 aliphatic heterocycles. The van der Waals surface area contributed by atoms with Gasteiger partial charge >= 0.3 is 0 Å². The number of benzene rings is 1. The number of nitrogens with one attached hydrogen (secondary N) is 1. The second-order valence-corrected chi connectivity index (χ2v) is 10.7. The average molecular weight is 486 g/mol. The summed E-state index contributed by atoms with van der Waals surface area (Å²) in [5, 5.41) is 16.3. The van der Waals surface area contributed by atoms with Gasteiger partial charge in [-0.05, 0) is 60.0 Å². The van der Waals surface area contributed by atoms with Crippen LogP contribution in [0.5, 0.6) is 0 Å². The number of nitrogens with two attached hydrogens (primary N) is 1. The normalized spacial score (nSPS) is 16.6. The van der Waals surface area contributed by atoms with Crippen LogP contribution in [0.15, 0.2) is 58.6 Å². The van der Waals surface area contributed by atoms with Crippen molar-refractivity contribution in [3.63, 3.8) is 0 Å². The predicted octanol–water partition coefficient (Wildman–Crippen LogP) is 2.67. The van der Waals surface area contributed by atoms with Crippen molar-refractivity contribution >= 4 is 38.2 Å². The molecule has 0 atom stereocenters. The first-order valence-electron chi connectivity index (χ1n) is 10.5. The van der Waals surface area contributed by atoms with Crippen molar-refractivity contribution in [1.29, 1.82) is 0 Å². The molecule has 3 N–H and O–H groups in total. The number of aromatic nitrogens is 3. The molecule has 1 fully saturated rings. The smallest absolute Gasteiger partial charge is 0.211 e. The van der Waals surface area contributed by atoms with E-state index in [9.17, 15) is 8.42 Å². The molecule has 3 aromatic rings. The number of nitrogens with zero attached hydrogens (tertiary/aromatic N) is 5. The minimum Gasteiger partial charge on any atom is -0.404 e. The van der Waals surface area contributed by atoms with Crippen LogP contribution in [-0.4, -0.2) is 58.9 Å². The van der Waals surface area contributed by atoms with E-state index in [0.717, 1.165) is 22.2 Å². The van der Waals surface area contributed by atoms with Gasteiger partial charge in [0.1, 0.15) is 11.3 Å². The quantitative estimate of drug-likeness (QED) is 0.409. The van der Waals surface area contributed by atoms with Gasteiger partial charge < -0.3 is 11.1 Å². The number of aliphatic imine (C=N–C) groups is 1. The highest BCUT2D eigenvalue weighted by molar-refractivity contribution is 7.88. The minimum absolute atomic E-state index is 0.0861. The van der Waals surface area contributed by atoms with Gasteiger partial charge in [-0.25, -0.2) is 17.7 Å². The number of hydrogen-bond acceptors (Lipinski definition) is 8. The zero-order valence-corrected chi connectivity index (χ0v) is 20.2. The summed E-state index contributed by atoms with van der Waals surface area (Å²) in [4.78, 5) is 4.61. The summed E-state index contributed by atoms with van der Waals surface area (Å²) in [5.74, 6) is 0.930. The molecule has 4 rings (SSSR count). The van der Waals surface area contributed by atoms with Crippen molar-refractivity contribution < 1.29 is 8.42 Å². The van der Waals surface area contributed by atoms with Crippen LogP contribution in [0.3, 0.4) is 0 Å². The summed E-state index contributed by atoms with van der Waals surface area (Å²) >= 11 is 1.65. The summed E-state index contributed by atoms with van der Waals surface area (Å²) < 4.78 is 26.6. The topological polar surface area (TPSA) is 118 Å². The molecule has 3 heterocycles. The number of rotatable bonds is 6. The van der Waals surface area contributed by atoms with Crippen LogP contribution < -0.4 is 11.1 Å². The predicted molar refractivity (Wildman–Crippen MR) is 133 cm³/mol. The van der Waals surface area contributed by atoms with Gasteiger partial charge in [-0.1, -0.05) is 23.9 Å². The Morgan fingerprint density at radius 1 is 1.30 bits per heavy atom. The number of piperidine rings is 1. The van der Waals surface area contributed by atoms with E-state index in [1.54, 1.807) is 22.1 Å². The first kappa shape index (κ1) is 23.1. The molecule has 0 amide bonds. The Kier molecular flexibility index (Phi) is 6.63. The second kappa shape index (κ2) is 9.46. The molecule has 0 bridgehead atoms. The number of thiophene rings is 1. The van der Waals surface area contributed by atoms with Gasteiger partial charge in [-0.2, -0.15) is 16.0 Å². The zero-order valence-electron chi connectivity index (χ0n) is 18.6. The van der Waals surface area contributed by atoms with Gasteiger partial charge in [0.2, 0.25) is 10.0 Å². The number of sulfonamides is 1. The number of hydrogen-bond donors (Lipinski definition) is 2. The van der Waals surface area contributed by atoms with Crippen LogP contribution in [0.4, 0.5) is 0 Å². The summed E-state index contributed by atoms with van der Waals surface area (Å²) in [5.41, 5.74) is 10.6. The Bertz CT molecular complexity index is 1330. The lowest BCUT2D eigenvalue weighted by atomic mass is 10.0. The molecule has 174 valence electrons. The van der Waals surface area contributed by atoms with Crippen molar-refractivity contribution in [3.8, 4) is 11.1 Å².